The third-order valence-corrected chi connectivity index (χ3v) is 6.53. The number of aromatic nitrogens is 3. The summed E-state index contributed by atoms with van der Waals surface area (Å²) in [7, 11) is 3.10. The van der Waals surface area contributed by atoms with Crippen molar-refractivity contribution < 1.29 is 19.1 Å². The molecule has 4 rings (SSSR count). The highest BCUT2D eigenvalue weighted by Crippen LogP contribution is 2.33. The summed E-state index contributed by atoms with van der Waals surface area (Å²) >= 11 is 0. The van der Waals surface area contributed by atoms with E-state index in [1.165, 1.54) is 0 Å². The van der Waals surface area contributed by atoms with Gasteiger partial charge in [0, 0.05) is 12.1 Å². The normalized spacial score (nSPS) is 12.2. The van der Waals surface area contributed by atoms with Gasteiger partial charge in [-0.05, 0) is 69.5 Å². The van der Waals surface area contributed by atoms with Gasteiger partial charge in [-0.15, -0.1) is 5.10 Å². The Balaban J connectivity index is 1.77. The fraction of sp³-hybridized carbons (Fsp3) is 0.355. The van der Waals surface area contributed by atoms with E-state index >= 15 is 0 Å². The van der Waals surface area contributed by atoms with Crippen LogP contribution in [0.4, 0.5) is 0 Å². The smallest absolute Gasteiger partial charge is 0.247 e. The molecule has 0 aliphatic carbocycles. The molecular formula is C31H37N5O4. The Bertz CT molecular complexity index is 1490. The molecule has 0 radical (unpaired) electrons. The molecule has 1 N–H and O–H groups in total. The SMILES string of the molecule is COc1ccc([C@H](C(=O)NC(C)(C)C)N(CCc2cccc(C)c2)C(=O)Cn2nnc3ccccc32)cc1OC. The van der Waals surface area contributed by atoms with Gasteiger partial charge in [-0.3, -0.25) is 9.59 Å². The fourth-order valence-electron chi connectivity index (χ4n) is 4.70. The number of aryl methyl sites for hydroxylation is 1. The lowest BCUT2D eigenvalue weighted by Crippen LogP contribution is -2.50. The number of ether oxygens (including phenoxy) is 2. The van der Waals surface area contributed by atoms with Crippen LogP contribution in [0.25, 0.3) is 11.0 Å². The summed E-state index contributed by atoms with van der Waals surface area (Å²) in [6.07, 6.45) is 0.568. The van der Waals surface area contributed by atoms with Crippen molar-refractivity contribution in [2.45, 2.75) is 52.2 Å². The molecule has 0 bridgehead atoms. The van der Waals surface area contributed by atoms with Gasteiger partial charge in [-0.25, -0.2) is 4.68 Å². The number of carbonyl (C=O) groups is 2. The molecule has 0 aliphatic rings. The van der Waals surface area contributed by atoms with Gasteiger partial charge in [0.2, 0.25) is 11.8 Å². The molecule has 1 heterocycles. The zero-order valence-corrected chi connectivity index (χ0v) is 24.0. The Kier molecular flexibility index (Phi) is 8.72. The highest BCUT2D eigenvalue weighted by Gasteiger charge is 2.34. The first kappa shape index (κ1) is 28.6. The molecule has 0 saturated heterocycles. The van der Waals surface area contributed by atoms with Gasteiger partial charge in [-0.2, -0.15) is 0 Å². The van der Waals surface area contributed by atoms with Crippen molar-refractivity contribution in [3.8, 4) is 11.5 Å². The standard InChI is InChI=1S/C31H37N5O4/c1-21-10-9-11-22(18-21)16-17-35(28(37)20-36-25-13-8-7-12-24(25)33-34-36)29(30(38)32-31(2,3)4)23-14-15-26(39-5)27(19-23)40-6/h7-15,18-19,29H,16-17,20H2,1-6H3,(H,32,38)/t29-/m1/s1. The molecule has 1 atom stereocenters. The number of nitrogens with one attached hydrogen (secondary N) is 1. The highest BCUT2D eigenvalue weighted by molar-refractivity contribution is 5.89. The quantitative estimate of drug-likeness (QED) is 0.317. The van der Waals surface area contributed by atoms with E-state index in [0.29, 0.717) is 35.5 Å². The number of amides is 2. The van der Waals surface area contributed by atoms with Crippen molar-refractivity contribution in [2.24, 2.45) is 0 Å². The van der Waals surface area contributed by atoms with E-state index in [2.05, 4.69) is 21.7 Å². The van der Waals surface area contributed by atoms with Crippen LogP contribution in [-0.2, 0) is 22.6 Å². The van der Waals surface area contributed by atoms with Gasteiger partial charge in [-0.1, -0.05) is 53.2 Å². The summed E-state index contributed by atoms with van der Waals surface area (Å²) in [6, 6.07) is 20.0. The number of hydrogen-bond acceptors (Lipinski definition) is 6. The number of methoxy groups -OCH3 is 2. The van der Waals surface area contributed by atoms with E-state index < -0.39 is 11.6 Å². The van der Waals surface area contributed by atoms with E-state index in [1.54, 1.807) is 42.0 Å². The molecule has 9 heteroatoms. The molecule has 40 heavy (non-hydrogen) atoms. The molecule has 4 aromatic rings. The molecule has 3 aromatic carbocycles. The van der Waals surface area contributed by atoms with Crippen molar-refractivity contribution in [3.05, 3.63) is 83.4 Å². The number of para-hydroxylation sites is 1. The maximum absolute atomic E-state index is 14.1. The molecule has 210 valence electrons. The van der Waals surface area contributed by atoms with Crippen LogP contribution in [0.5, 0.6) is 11.5 Å². The number of benzene rings is 3. The lowest BCUT2D eigenvalue weighted by atomic mass is 10.00. The molecule has 2 amide bonds. The molecule has 0 fully saturated rings. The van der Waals surface area contributed by atoms with E-state index in [-0.39, 0.29) is 18.4 Å². The Labute approximate surface area is 235 Å². The summed E-state index contributed by atoms with van der Waals surface area (Å²) < 4.78 is 12.5. The average Bonchev–Trinajstić information content (AvgIpc) is 3.32. The maximum atomic E-state index is 14.1. The van der Waals surface area contributed by atoms with Gasteiger partial charge in [0.25, 0.3) is 0 Å². The Morgan fingerprint density at radius 2 is 1.73 bits per heavy atom. The topological polar surface area (TPSA) is 98.6 Å². The first-order chi connectivity index (χ1) is 19.1. The van der Waals surface area contributed by atoms with E-state index in [9.17, 15) is 9.59 Å². The second kappa shape index (κ2) is 12.2. The molecule has 0 spiro atoms. The zero-order valence-electron chi connectivity index (χ0n) is 24.0. The molecule has 9 nitrogen and oxygen atoms in total. The number of rotatable bonds is 10. The Morgan fingerprint density at radius 1 is 0.975 bits per heavy atom. The van der Waals surface area contributed by atoms with Crippen LogP contribution in [0.3, 0.4) is 0 Å². The van der Waals surface area contributed by atoms with E-state index in [4.69, 9.17) is 9.47 Å². The summed E-state index contributed by atoms with van der Waals surface area (Å²) in [4.78, 5) is 29.7. The van der Waals surface area contributed by atoms with Gasteiger partial charge in [0.05, 0.1) is 19.7 Å². The lowest BCUT2D eigenvalue weighted by Gasteiger charge is -2.34. The average molecular weight is 544 g/mol. The second-order valence-corrected chi connectivity index (χ2v) is 10.8. The van der Waals surface area contributed by atoms with Crippen LogP contribution >= 0.6 is 0 Å². The molecular weight excluding hydrogens is 506 g/mol. The van der Waals surface area contributed by atoms with Gasteiger partial charge in [0.15, 0.2) is 11.5 Å². The summed E-state index contributed by atoms with van der Waals surface area (Å²) in [5.41, 5.74) is 3.75. The van der Waals surface area contributed by atoms with Crippen LogP contribution < -0.4 is 14.8 Å². The maximum Gasteiger partial charge on any atom is 0.247 e. The van der Waals surface area contributed by atoms with Crippen LogP contribution in [0.2, 0.25) is 0 Å². The largest absolute Gasteiger partial charge is 0.493 e. The molecule has 0 saturated carbocycles. The lowest BCUT2D eigenvalue weighted by molar-refractivity contribution is -0.142. The minimum atomic E-state index is -0.925. The molecule has 0 unspecified atom stereocenters. The van der Waals surface area contributed by atoms with Crippen molar-refractivity contribution in [1.29, 1.82) is 0 Å². The van der Waals surface area contributed by atoms with E-state index in [1.807, 2.05) is 70.2 Å². The molecule has 0 aliphatic heterocycles. The minimum Gasteiger partial charge on any atom is -0.493 e. The predicted octanol–water partition coefficient (Wildman–Crippen LogP) is 4.48. The van der Waals surface area contributed by atoms with Crippen LogP contribution in [0.15, 0.2) is 66.7 Å². The van der Waals surface area contributed by atoms with Crippen molar-refractivity contribution in [3.63, 3.8) is 0 Å². The summed E-state index contributed by atoms with van der Waals surface area (Å²) in [5.74, 6) is 0.461. The highest BCUT2D eigenvalue weighted by atomic mass is 16.5. The van der Waals surface area contributed by atoms with E-state index in [0.717, 1.165) is 16.6 Å². The number of carbonyl (C=O) groups excluding carboxylic acids is 2. The molecule has 1 aromatic heterocycles. The fourth-order valence-corrected chi connectivity index (χ4v) is 4.70. The number of fused-ring (bicyclic) bond motifs is 1. The second-order valence-electron chi connectivity index (χ2n) is 10.8. The summed E-state index contributed by atoms with van der Waals surface area (Å²) in [5, 5.41) is 11.5. The van der Waals surface area contributed by atoms with Crippen LogP contribution in [0.1, 0.15) is 43.5 Å². The van der Waals surface area contributed by atoms with Crippen molar-refractivity contribution in [2.75, 3.05) is 20.8 Å². The Hall–Kier alpha value is -4.40. The van der Waals surface area contributed by atoms with Crippen LogP contribution in [-0.4, -0.2) is 58.0 Å². The Morgan fingerprint density at radius 3 is 2.42 bits per heavy atom. The number of hydrogen-bond donors (Lipinski definition) is 1. The van der Waals surface area contributed by atoms with Crippen molar-refractivity contribution >= 4 is 22.8 Å². The van der Waals surface area contributed by atoms with Crippen LogP contribution in [0, 0.1) is 6.92 Å². The third-order valence-electron chi connectivity index (χ3n) is 6.53. The number of nitrogens with zero attached hydrogens (tertiary/aromatic N) is 4. The third kappa shape index (κ3) is 6.77. The van der Waals surface area contributed by atoms with Gasteiger partial charge >= 0.3 is 0 Å². The zero-order chi connectivity index (χ0) is 28.9. The first-order valence-electron chi connectivity index (χ1n) is 13.3. The van der Waals surface area contributed by atoms with Gasteiger partial charge in [0.1, 0.15) is 18.1 Å². The minimum absolute atomic E-state index is 0.0685. The first-order valence-corrected chi connectivity index (χ1v) is 13.3. The summed E-state index contributed by atoms with van der Waals surface area (Å²) in [6.45, 7) is 8.02. The monoisotopic (exact) mass is 543 g/mol. The van der Waals surface area contributed by atoms with Gasteiger partial charge < -0.3 is 19.7 Å². The predicted molar refractivity (Wildman–Crippen MR) is 154 cm³/mol. The van der Waals surface area contributed by atoms with Crippen molar-refractivity contribution in [1.82, 2.24) is 25.2 Å².